The Morgan fingerprint density at radius 1 is 1.41 bits per heavy atom. The van der Waals surface area contributed by atoms with Gasteiger partial charge < -0.3 is 16.0 Å². The fourth-order valence-corrected chi connectivity index (χ4v) is 3.02. The summed E-state index contributed by atoms with van der Waals surface area (Å²) in [5.41, 5.74) is 8.82. The molecule has 1 aromatic carbocycles. The Morgan fingerprint density at radius 3 is 3.18 bits per heavy atom. The van der Waals surface area contributed by atoms with Crippen molar-refractivity contribution in [2.24, 2.45) is 5.73 Å². The monoisotopic (exact) mass is 315 g/mol. The van der Waals surface area contributed by atoms with Crippen LogP contribution in [0.3, 0.4) is 0 Å². The number of H-pyrrole nitrogens is 1. The molecule has 3 rings (SSSR count). The number of carbonyl (C=O) groups is 1. The molecular formula is C15H17N5OS. The zero-order chi connectivity index (χ0) is 15.4. The maximum atomic E-state index is 12.1. The molecule has 4 N–H and O–H groups in total. The minimum atomic E-state index is -0.0745. The Bertz CT molecular complexity index is 779. The van der Waals surface area contributed by atoms with Gasteiger partial charge in [0.15, 0.2) is 0 Å². The number of imidazole rings is 1. The van der Waals surface area contributed by atoms with Gasteiger partial charge in [0.25, 0.3) is 0 Å². The summed E-state index contributed by atoms with van der Waals surface area (Å²) in [6.07, 6.45) is 3.71. The average Bonchev–Trinajstić information content (AvgIpc) is 3.13. The predicted octanol–water partition coefficient (Wildman–Crippen LogP) is 2.09. The number of thiazole rings is 1. The molecule has 0 atom stereocenters. The van der Waals surface area contributed by atoms with E-state index in [2.05, 4.69) is 20.3 Å². The van der Waals surface area contributed by atoms with Gasteiger partial charge in [-0.3, -0.25) is 4.79 Å². The average molecular weight is 315 g/mol. The molecule has 0 bridgehead atoms. The number of nitrogens with zero attached hydrogens (tertiary/aromatic N) is 2. The van der Waals surface area contributed by atoms with Crippen LogP contribution in [-0.2, 0) is 17.6 Å². The van der Waals surface area contributed by atoms with Crippen LogP contribution in [0.2, 0.25) is 0 Å². The van der Waals surface area contributed by atoms with Crippen molar-refractivity contribution < 1.29 is 4.79 Å². The number of nitrogens with one attached hydrogen (secondary N) is 2. The number of rotatable bonds is 6. The second-order valence-corrected chi connectivity index (χ2v) is 5.93. The number of hydrogen-bond acceptors (Lipinski definition) is 5. The van der Waals surface area contributed by atoms with Crippen LogP contribution < -0.4 is 11.1 Å². The van der Waals surface area contributed by atoms with Gasteiger partial charge in [0.05, 0.1) is 34.5 Å². The first-order chi connectivity index (χ1) is 10.7. The molecule has 0 aliphatic heterocycles. The molecule has 3 aromatic rings. The Labute approximate surface area is 131 Å². The predicted molar refractivity (Wildman–Crippen MR) is 87.9 cm³/mol. The molecular weight excluding hydrogens is 298 g/mol. The zero-order valence-corrected chi connectivity index (χ0v) is 12.8. The lowest BCUT2D eigenvalue weighted by Crippen LogP contribution is -2.14. The van der Waals surface area contributed by atoms with Crippen LogP contribution in [0.1, 0.15) is 17.1 Å². The first-order valence-electron chi connectivity index (χ1n) is 7.11. The smallest absolute Gasteiger partial charge is 0.230 e. The summed E-state index contributed by atoms with van der Waals surface area (Å²) in [5, 5.41) is 5.85. The van der Waals surface area contributed by atoms with Crippen molar-refractivity contribution in [1.29, 1.82) is 0 Å². The lowest BCUT2D eigenvalue weighted by Gasteiger charge is -2.03. The Hall–Kier alpha value is -2.25. The van der Waals surface area contributed by atoms with Gasteiger partial charge in [-0.25, -0.2) is 9.97 Å². The van der Waals surface area contributed by atoms with Gasteiger partial charge in [-0.15, -0.1) is 11.3 Å². The van der Waals surface area contributed by atoms with Crippen molar-refractivity contribution >= 4 is 34.0 Å². The lowest BCUT2D eigenvalue weighted by atomic mass is 10.2. The van der Waals surface area contributed by atoms with Gasteiger partial charge >= 0.3 is 0 Å². The summed E-state index contributed by atoms with van der Waals surface area (Å²) in [5.74, 6) is -0.0745. The van der Waals surface area contributed by atoms with E-state index in [0.29, 0.717) is 6.54 Å². The molecule has 0 radical (unpaired) electrons. The molecule has 0 spiro atoms. The summed E-state index contributed by atoms with van der Waals surface area (Å²) < 4.78 is 0. The standard InChI is InChI=1S/C15H17N5OS/c16-5-1-2-15-20-11(8-22-15)7-14(21)19-10-3-4-12-13(6-10)18-9-17-12/h3-4,6,8-9H,1-2,5,7,16H2,(H,17,18)(H,19,21). The SMILES string of the molecule is NCCCc1nc(CC(=O)Nc2ccc3nc[nH]c3c2)cs1. The summed E-state index contributed by atoms with van der Waals surface area (Å²) in [7, 11) is 0. The number of anilines is 1. The topological polar surface area (TPSA) is 96.7 Å². The number of fused-ring (bicyclic) bond motifs is 1. The van der Waals surface area contributed by atoms with E-state index >= 15 is 0 Å². The minimum absolute atomic E-state index is 0.0745. The van der Waals surface area contributed by atoms with E-state index in [-0.39, 0.29) is 12.3 Å². The molecule has 2 aromatic heterocycles. The first kappa shape index (κ1) is 14.7. The van der Waals surface area contributed by atoms with Gasteiger partial charge in [-0.1, -0.05) is 0 Å². The van der Waals surface area contributed by atoms with Crippen LogP contribution in [0.5, 0.6) is 0 Å². The molecule has 0 fully saturated rings. The van der Waals surface area contributed by atoms with E-state index in [0.717, 1.165) is 40.3 Å². The number of nitrogens with two attached hydrogens (primary N) is 1. The number of carbonyl (C=O) groups excluding carboxylic acids is 1. The van der Waals surface area contributed by atoms with Crippen molar-refractivity contribution in [2.75, 3.05) is 11.9 Å². The third-order valence-electron chi connectivity index (χ3n) is 3.24. The number of aromatic nitrogens is 3. The Kier molecular flexibility index (Phi) is 4.45. The second-order valence-electron chi connectivity index (χ2n) is 4.98. The molecule has 2 heterocycles. The summed E-state index contributed by atoms with van der Waals surface area (Å²) in [4.78, 5) is 23.7. The maximum Gasteiger partial charge on any atom is 0.230 e. The number of amides is 1. The molecule has 114 valence electrons. The summed E-state index contributed by atoms with van der Waals surface area (Å²) in [6.45, 7) is 0.658. The van der Waals surface area contributed by atoms with Gasteiger partial charge in [-0.2, -0.15) is 0 Å². The summed E-state index contributed by atoms with van der Waals surface area (Å²) in [6, 6.07) is 5.58. The molecule has 0 saturated heterocycles. The van der Waals surface area contributed by atoms with E-state index in [1.165, 1.54) is 0 Å². The Balaban J connectivity index is 1.60. The van der Waals surface area contributed by atoms with Crippen molar-refractivity contribution in [3.8, 4) is 0 Å². The van der Waals surface area contributed by atoms with E-state index < -0.39 is 0 Å². The minimum Gasteiger partial charge on any atom is -0.345 e. The highest BCUT2D eigenvalue weighted by atomic mass is 32.1. The van der Waals surface area contributed by atoms with Gasteiger partial charge in [0, 0.05) is 17.5 Å². The van der Waals surface area contributed by atoms with Gasteiger partial charge in [0.2, 0.25) is 5.91 Å². The highest BCUT2D eigenvalue weighted by molar-refractivity contribution is 7.09. The molecule has 7 heteroatoms. The van der Waals surface area contributed by atoms with Crippen LogP contribution in [0.25, 0.3) is 11.0 Å². The van der Waals surface area contributed by atoms with E-state index in [1.807, 2.05) is 23.6 Å². The Morgan fingerprint density at radius 2 is 2.32 bits per heavy atom. The number of benzene rings is 1. The number of hydrogen-bond donors (Lipinski definition) is 3. The second kappa shape index (κ2) is 6.67. The van der Waals surface area contributed by atoms with Crippen LogP contribution in [0.15, 0.2) is 29.9 Å². The van der Waals surface area contributed by atoms with Gasteiger partial charge in [0.1, 0.15) is 0 Å². The van der Waals surface area contributed by atoms with E-state index in [1.54, 1.807) is 17.7 Å². The highest BCUT2D eigenvalue weighted by Crippen LogP contribution is 2.16. The van der Waals surface area contributed by atoms with Crippen LogP contribution in [0, 0.1) is 0 Å². The van der Waals surface area contributed by atoms with E-state index in [4.69, 9.17) is 5.73 Å². The van der Waals surface area contributed by atoms with Crippen molar-refractivity contribution in [2.45, 2.75) is 19.3 Å². The quantitative estimate of drug-likeness (QED) is 0.649. The molecule has 0 saturated carbocycles. The van der Waals surface area contributed by atoms with Crippen molar-refractivity contribution in [1.82, 2.24) is 15.0 Å². The van der Waals surface area contributed by atoms with Crippen LogP contribution >= 0.6 is 11.3 Å². The molecule has 22 heavy (non-hydrogen) atoms. The molecule has 6 nitrogen and oxygen atoms in total. The summed E-state index contributed by atoms with van der Waals surface area (Å²) >= 11 is 1.58. The normalized spacial score (nSPS) is 11.0. The maximum absolute atomic E-state index is 12.1. The molecule has 1 amide bonds. The zero-order valence-electron chi connectivity index (χ0n) is 12.0. The molecule has 0 unspecified atom stereocenters. The van der Waals surface area contributed by atoms with Crippen LogP contribution in [-0.4, -0.2) is 27.4 Å². The fraction of sp³-hybridized carbons (Fsp3) is 0.267. The third kappa shape index (κ3) is 3.49. The highest BCUT2D eigenvalue weighted by Gasteiger charge is 2.09. The number of aryl methyl sites for hydroxylation is 1. The van der Waals surface area contributed by atoms with Crippen molar-refractivity contribution in [3.63, 3.8) is 0 Å². The van der Waals surface area contributed by atoms with E-state index in [9.17, 15) is 4.79 Å². The largest absolute Gasteiger partial charge is 0.345 e. The number of aromatic amines is 1. The lowest BCUT2D eigenvalue weighted by molar-refractivity contribution is -0.115. The van der Waals surface area contributed by atoms with Crippen LogP contribution in [0.4, 0.5) is 5.69 Å². The fourth-order valence-electron chi connectivity index (χ4n) is 2.18. The van der Waals surface area contributed by atoms with Crippen molar-refractivity contribution in [3.05, 3.63) is 40.6 Å². The first-order valence-corrected chi connectivity index (χ1v) is 7.99. The van der Waals surface area contributed by atoms with Gasteiger partial charge in [-0.05, 0) is 31.2 Å². The molecule has 0 aliphatic rings. The molecule has 0 aliphatic carbocycles. The third-order valence-corrected chi connectivity index (χ3v) is 4.20.